The number of amides is 1. The van der Waals surface area contributed by atoms with Crippen molar-refractivity contribution in [1.29, 1.82) is 0 Å². The maximum atomic E-state index is 12.1. The Balaban J connectivity index is 1.78. The third-order valence-corrected chi connectivity index (χ3v) is 4.36. The molecule has 3 aromatic rings. The van der Waals surface area contributed by atoms with Gasteiger partial charge in [0.05, 0.1) is 5.69 Å². The molecule has 0 spiro atoms. The van der Waals surface area contributed by atoms with E-state index in [-0.39, 0.29) is 5.91 Å². The third-order valence-electron chi connectivity index (χ3n) is 2.60. The SMILES string of the molecule is Cc1csc(NC(=O)c2csc(-c3ccccc3)n2)n1. The van der Waals surface area contributed by atoms with E-state index in [2.05, 4.69) is 15.3 Å². The zero-order valence-electron chi connectivity index (χ0n) is 10.7. The summed E-state index contributed by atoms with van der Waals surface area (Å²) in [6, 6.07) is 9.81. The molecule has 0 radical (unpaired) electrons. The van der Waals surface area contributed by atoms with Gasteiger partial charge in [-0.25, -0.2) is 9.97 Å². The summed E-state index contributed by atoms with van der Waals surface area (Å²) in [5.74, 6) is -0.224. The summed E-state index contributed by atoms with van der Waals surface area (Å²) in [5.41, 5.74) is 2.33. The third kappa shape index (κ3) is 2.76. The molecule has 1 amide bonds. The smallest absolute Gasteiger partial charge is 0.276 e. The van der Waals surface area contributed by atoms with Gasteiger partial charge in [-0.3, -0.25) is 10.1 Å². The molecular formula is C14H11N3OS2. The monoisotopic (exact) mass is 301 g/mol. The van der Waals surface area contributed by atoms with E-state index in [0.717, 1.165) is 16.3 Å². The van der Waals surface area contributed by atoms with Gasteiger partial charge >= 0.3 is 0 Å². The molecule has 2 heterocycles. The van der Waals surface area contributed by atoms with E-state index in [1.807, 2.05) is 42.6 Å². The van der Waals surface area contributed by atoms with Gasteiger partial charge in [0, 0.05) is 16.3 Å². The molecule has 0 saturated heterocycles. The van der Waals surface area contributed by atoms with E-state index < -0.39 is 0 Å². The van der Waals surface area contributed by atoms with Crippen LogP contribution in [0.1, 0.15) is 16.2 Å². The highest BCUT2D eigenvalue weighted by molar-refractivity contribution is 7.14. The first-order valence-electron chi connectivity index (χ1n) is 5.97. The highest BCUT2D eigenvalue weighted by Crippen LogP contribution is 2.24. The predicted molar refractivity (Wildman–Crippen MR) is 82.4 cm³/mol. The summed E-state index contributed by atoms with van der Waals surface area (Å²) in [7, 11) is 0. The molecule has 0 atom stereocenters. The predicted octanol–water partition coefficient (Wildman–Crippen LogP) is 3.83. The lowest BCUT2D eigenvalue weighted by Gasteiger charge is -1.97. The first-order chi connectivity index (χ1) is 9.72. The van der Waals surface area contributed by atoms with Gasteiger partial charge in [-0.2, -0.15) is 0 Å². The highest BCUT2D eigenvalue weighted by Gasteiger charge is 2.13. The Morgan fingerprint density at radius 1 is 1.10 bits per heavy atom. The molecule has 6 heteroatoms. The molecule has 0 unspecified atom stereocenters. The van der Waals surface area contributed by atoms with Gasteiger partial charge in [0.15, 0.2) is 5.13 Å². The number of benzene rings is 1. The second kappa shape index (κ2) is 5.52. The lowest BCUT2D eigenvalue weighted by molar-refractivity contribution is 0.102. The van der Waals surface area contributed by atoms with E-state index in [1.165, 1.54) is 22.7 Å². The molecule has 0 aliphatic rings. The molecule has 2 aromatic heterocycles. The molecule has 0 saturated carbocycles. The maximum Gasteiger partial charge on any atom is 0.276 e. The van der Waals surface area contributed by atoms with Gasteiger partial charge in [-0.1, -0.05) is 30.3 Å². The van der Waals surface area contributed by atoms with Crippen molar-refractivity contribution in [2.45, 2.75) is 6.92 Å². The number of anilines is 1. The molecule has 20 heavy (non-hydrogen) atoms. The normalized spacial score (nSPS) is 10.4. The zero-order chi connectivity index (χ0) is 13.9. The van der Waals surface area contributed by atoms with Crippen LogP contribution in [0.5, 0.6) is 0 Å². The van der Waals surface area contributed by atoms with Gasteiger partial charge < -0.3 is 0 Å². The fourth-order valence-electron chi connectivity index (χ4n) is 1.66. The summed E-state index contributed by atoms with van der Waals surface area (Å²) in [5, 5.41) is 7.85. The van der Waals surface area contributed by atoms with Crippen molar-refractivity contribution in [3.63, 3.8) is 0 Å². The standard InChI is InChI=1S/C14H11N3OS2/c1-9-7-20-14(15-9)17-12(18)11-8-19-13(16-11)10-5-3-2-4-6-10/h2-8H,1H3,(H,15,17,18). The molecule has 4 nitrogen and oxygen atoms in total. The maximum absolute atomic E-state index is 12.1. The van der Waals surface area contributed by atoms with Crippen LogP contribution in [0.4, 0.5) is 5.13 Å². The molecule has 0 fully saturated rings. The van der Waals surface area contributed by atoms with E-state index in [1.54, 1.807) is 5.38 Å². The summed E-state index contributed by atoms with van der Waals surface area (Å²) < 4.78 is 0. The van der Waals surface area contributed by atoms with Crippen molar-refractivity contribution in [3.8, 4) is 10.6 Å². The van der Waals surface area contributed by atoms with Crippen molar-refractivity contribution in [3.05, 3.63) is 52.5 Å². The quantitative estimate of drug-likeness (QED) is 0.800. The number of hydrogen-bond acceptors (Lipinski definition) is 5. The molecule has 3 rings (SSSR count). The summed E-state index contributed by atoms with van der Waals surface area (Å²) in [6.07, 6.45) is 0. The summed E-state index contributed by atoms with van der Waals surface area (Å²) in [6.45, 7) is 1.89. The first kappa shape index (κ1) is 13.0. The van der Waals surface area contributed by atoms with Crippen LogP contribution in [0, 0.1) is 6.92 Å². The minimum Gasteiger partial charge on any atom is -0.296 e. The number of hydrogen-bond donors (Lipinski definition) is 1. The van der Waals surface area contributed by atoms with Crippen LogP contribution >= 0.6 is 22.7 Å². The van der Waals surface area contributed by atoms with Crippen molar-refractivity contribution in [1.82, 2.24) is 9.97 Å². The second-order valence-corrected chi connectivity index (χ2v) is 5.87. The first-order valence-corrected chi connectivity index (χ1v) is 7.73. The number of nitrogens with zero attached hydrogens (tertiary/aromatic N) is 2. The van der Waals surface area contributed by atoms with E-state index >= 15 is 0 Å². The highest BCUT2D eigenvalue weighted by atomic mass is 32.1. The lowest BCUT2D eigenvalue weighted by Crippen LogP contribution is -2.12. The number of carbonyl (C=O) groups excluding carboxylic acids is 1. The van der Waals surface area contributed by atoms with Crippen molar-refractivity contribution >= 4 is 33.7 Å². The Kier molecular flexibility index (Phi) is 3.58. The van der Waals surface area contributed by atoms with E-state index in [0.29, 0.717) is 10.8 Å². The summed E-state index contributed by atoms with van der Waals surface area (Å²) in [4.78, 5) is 20.6. The summed E-state index contributed by atoms with van der Waals surface area (Å²) >= 11 is 2.87. The molecule has 0 bridgehead atoms. The Hall–Kier alpha value is -2.05. The Morgan fingerprint density at radius 3 is 2.60 bits per heavy atom. The average molecular weight is 301 g/mol. The second-order valence-electron chi connectivity index (χ2n) is 4.15. The molecule has 1 aromatic carbocycles. The molecule has 100 valence electrons. The fraction of sp³-hybridized carbons (Fsp3) is 0.0714. The number of thiazole rings is 2. The van der Waals surface area contributed by atoms with Crippen molar-refractivity contribution in [2.75, 3.05) is 5.32 Å². The number of aromatic nitrogens is 2. The molecule has 1 N–H and O–H groups in total. The minimum atomic E-state index is -0.224. The number of carbonyl (C=O) groups is 1. The van der Waals surface area contributed by atoms with Crippen molar-refractivity contribution < 1.29 is 4.79 Å². The molecule has 0 aliphatic carbocycles. The molecule has 0 aliphatic heterocycles. The Labute approximate surface area is 124 Å². The average Bonchev–Trinajstić information content (AvgIpc) is 3.09. The lowest BCUT2D eigenvalue weighted by atomic mass is 10.2. The number of aryl methyl sites for hydroxylation is 1. The van der Waals surface area contributed by atoms with Gasteiger partial charge in [0.1, 0.15) is 10.7 Å². The van der Waals surface area contributed by atoms with Crippen LogP contribution in [0.3, 0.4) is 0 Å². The number of rotatable bonds is 3. The van der Waals surface area contributed by atoms with Gasteiger partial charge in [-0.05, 0) is 6.92 Å². The number of nitrogens with one attached hydrogen (secondary N) is 1. The zero-order valence-corrected chi connectivity index (χ0v) is 12.3. The van der Waals surface area contributed by atoms with Crippen molar-refractivity contribution in [2.24, 2.45) is 0 Å². The van der Waals surface area contributed by atoms with Gasteiger partial charge in [0.2, 0.25) is 0 Å². The van der Waals surface area contributed by atoms with E-state index in [9.17, 15) is 4.79 Å². The van der Waals surface area contributed by atoms with Crippen LogP contribution in [0.25, 0.3) is 10.6 Å². The fourth-order valence-corrected chi connectivity index (χ4v) is 3.15. The van der Waals surface area contributed by atoms with Crippen LogP contribution < -0.4 is 5.32 Å². The van der Waals surface area contributed by atoms with Crippen LogP contribution in [0.15, 0.2) is 41.1 Å². The van der Waals surface area contributed by atoms with Crippen LogP contribution in [-0.4, -0.2) is 15.9 Å². The van der Waals surface area contributed by atoms with Gasteiger partial charge in [-0.15, -0.1) is 22.7 Å². The Morgan fingerprint density at radius 2 is 1.90 bits per heavy atom. The van der Waals surface area contributed by atoms with Gasteiger partial charge in [0.25, 0.3) is 5.91 Å². The Bertz CT molecular complexity index is 734. The topological polar surface area (TPSA) is 54.9 Å². The van der Waals surface area contributed by atoms with Crippen LogP contribution in [0.2, 0.25) is 0 Å². The largest absolute Gasteiger partial charge is 0.296 e. The minimum absolute atomic E-state index is 0.224. The molecular weight excluding hydrogens is 290 g/mol. The van der Waals surface area contributed by atoms with E-state index in [4.69, 9.17) is 0 Å². The van der Waals surface area contributed by atoms with Crippen LogP contribution in [-0.2, 0) is 0 Å².